The maximum atomic E-state index is 13.9. The summed E-state index contributed by atoms with van der Waals surface area (Å²) >= 11 is 6.93. The highest BCUT2D eigenvalue weighted by molar-refractivity contribution is 7.99. The van der Waals surface area contributed by atoms with Crippen LogP contribution >= 0.6 is 23.4 Å². The SMILES string of the molecule is O=C(O)C1CSCCN1S(=O)(=O)c1cccc(Cl)c1F. The molecular formula is C11H11ClFNO4S2. The van der Waals surface area contributed by atoms with E-state index in [1.54, 1.807) is 0 Å². The number of hydrogen-bond acceptors (Lipinski definition) is 4. The highest BCUT2D eigenvalue weighted by atomic mass is 35.5. The van der Waals surface area contributed by atoms with Crippen LogP contribution in [0.2, 0.25) is 5.02 Å². The Kier molecular flexibility index (Phi) is 4.58. The second kappa shape index (κ2) is 5.88. The molecule has 1 atom stereocenters. The fraction of sp³-hybridized carbons (Fsp3) is 0.364. The highest BCUT2D eigenvalue weighted by Crippen LogP contribution is 2.28. The van der Waals surface area contributed by atoms with E-state index in [1.165, 1.54) is 23.9 Å². The van der Waals surface area contributed by atoms with Gasteiger partial charge in [-0.3, -0.25) is 4.79 Å². The molecule has 1 aliphatic heterocycles. The number of carbonyl (C=O) groups is 1. The van der Waals surface area contributed by atoms with Crippen LogP contribution in [0.4, 0.5) is 4.39 Å². The minimum atomic E-state index is -4.23. The van der Waals surface area contributed by atoms with Gasteiger partial charge in [0, 0.05) is 18.1 Å². The fourth-order valence-corrected chi connectivity index (χ4v) is 5.03. The van der Waals surface area contributed by atoms with Crippen molar-refractivity contribution in [1.82, 2.24) is 4.31 Å². The molecule has 1 heterocycles. The normalized spacial score (nSPS) is 20.8. The van der Waals surface area contributed by atoms with Crippen LogP contribution in [0.25, 0.3) is 0 Å². The Morgan fingerprint density at radius 2 is 2.20 bits per heavy atom. The van der Waals surface area contributed by atoms with Crippen molar-refractivity contribution in [2.24, 2.45) is 0 Å². The number of sulfonamides is 1. The molecule has 0 spiro atoms. The largest absolute Gasteiger partial charge is 0.480 e. The molecule has 1 aromatic carbocycles. The summed E-state index contributed by atoms with van der Waals surface area (Å²) in [6, 6.07) is 2.43. The molecule has 1 aromatic rings. The van der Waals surface area contributed by atoms with Crippen LogP contribution in [0.3, 0.4) is 0 Å². The molecule has 5 nitrogen and oxygen atoms in total. The molecule has 0 bridgehead atoms. The average Bonchev–Trinajstić information content (AvgIpc) is 2.41. The van der Waals surface area contributed by atoms with Gasteiger partial charge in [0.2, 0.25) is 10.0 Å². The maximum Gasteiger partial charge on any atom is 0.322 e. The van der Waals surface area contributed by atoms with Crippen LogP contribution in [-0.4, -0.2) is 47.9 Å². The summed E-state index contributed by atoms with van der Waals surface area (Å²) in [5, 5.41) is 8.79. The predicted molar refractivity (Wildman–Crippen MR) is 74.1 cm³/mol. The molecule has 0 aliphatic carbocycles. The van der Waals surface area contributed by atoms with Crippen LogP contribution in [0.5, 0.6) is 0 Å². The average molecular weight is 340 g/mol. The first-order valence-electron chi connectivity index (χ1n) is 5.62. The zero-order valence-corrected chi connectivity index (χ0v) is 12.5. The Morgan fingerprint density at radius 1 is 1.50 bits per heavy atom. The van der Waals surface area contributed by atoms with Gasteiger partial charge in [-0.2, -0.15) is 16.1 Å². The molecule has 2 rings (SSSR count). The lowest BCUT2D eigenvalue weighted by molar-refractivity contribution is -0.140. The topological polar surface area (TPSA) is 74.7 Å². The molecule has 0 amide bonds. The van der Waals surface area contributed by atoms with Gasteiger partial charge < -0.3 is 5.11 Å². The quantitative estimate of drug-likeness (QED) is 0.906. The van der Waals surface area contributed by atoms with Crippen LogP contribution in [0.1, 0.15) is 0 Å². The summed E-state index contributed by atoms with van der Waals surface area (Å²) < 4.78 is 39.6. The second-order valence-electron chi connectivity index (χ2n) is 4.10. The number of rotatable bonds is 3. The third-order valence-corrected chi connectivity index (χ3v) is 6.11. The maximum absolute atomic E-state index is 13.9. The molecule has 1 unspecified atom stereocenters. The Bertz CT molecular complexity index is 637. The van der Waals surface area contributed by atoms with Gasteiger partial charge in [0.25, 0.3) is 0 Å². The molecule has 0 aromatic heterocycles. The van der Waals surface area contributed by atoms with E-state index in [-0.39, 0.29) is 17.3 Å². The minimum absolute atomic E-state index is 0.0237. The van der Waals surface area contributed by atoms with Crippen molar-refractivity contribution in [3.8, 4) is 0 Å². The molecule has 0 radical (unpaired) electrons. The first-order chi connectivity index (χ1) is 9.35. The highest BCUT2D eigenvalue weighted by Gasteiger charge is 2.39. The third-order valence-electron chi connectivity index (χ3n) is 2.87. The zero-order chi connectivity index (χ0) is 14.9. The summed E-state index contributed by atoms with van der Waals surface area (Å²) in [6.07, 6.45) is 0. The number of carboxylic acid groups (broad SMARTS) is 1. The number of nitrogens with zero attached hydrogens (tertiary/aromatic N) is 1. The summed E-state index contributed by atoms with van der Waals surface area (Å²) in [5.74, 6) is -1.71. The van der Waals surface area contributed by atoms with E-state index in [1.807, 2.05) is 0 Å². The third kappa shape index (κ3) is 2.78. The number of carboxylic acids is 1. The summed E-state index contributed by atoms with van der Waals surface area (Å²) in [4.78, 5) is 10.6. The number of benzene rings is 1. The van der Waals surface area contributed by atoms with Crippen LogP contribution in [0, 0.1) is 5.82 Å². The molecule has 1 saturated heterocycles. The van der Waals surface area contributed by atoms with Crippen molar-refractivity contribution in [3.63, 3.8) is 0 Å². The van der Waals surface area contributed by atoms with Crippen LogP contribution in [-0.2, 0) is 14.8 Å². The fourth-order valence-electron chi connectivity index (χ4n) is 1.88. The van der Waals surface area contributed by atoms with Crippen molar-refractivity contribution in [3.05, 3.63) is 29.0 Å². The molecule has 1 aliphatic rings. The molecule has 20 heavy (non-hydrogen) atoms. The smallest absolute Gasteiger partial charge is 0.322 e. The first kappa shape index (κ1) is 15.6. The zero-order valence-electron chi connectivity index (χ0n) is 10.1. The summed E-state index contributed by atoms with van der Waals surface area (Å²) in [6.45, 7) is 0.0237. The van der Waals surface area contributed by atoms with E-state index in [0.717, 1.165) is 10.4 Å². The molecule has 1 N–H and O–H groups in total. The first-order valence-corrected chi connectivity index (χ1v) is 8.59. The minimum Gasteiger partial charge on any atom is -0.480 e. The molecule has 1 fully saturated rings. The van der Waals surface area contributed by atoms with Gasteiger partial charge in [-0.25, -0.2) is 12.8 Å². The molecule has 110 valence electrons. The van der Waals surface area contributed by atoms with Crippen molar-refractivity contribution in [1.29, 1.82) is 0 Å². The molecule has 0 saturated carbocycles. The molecule has 9 heteroatoms. The second-order valence-corrected chi connectivity index (χ2v) is 7.51. The summed E-state index contributed by atoms with van der Waals surface area (Å²) in [7, 11) is -4.23. The molecular weight excluding hydrogens is 329 g/mol. The number of halogens is 2. The Balaban J connectivity index is 2.48. The predicted octanol–water partition coefficient (Wildman–Crippen LogP) is 1.67. The Morgan fingerprint density at radius 3 is 2.85 bits per heavy atom. The van der Waals surface area contributed by atoms with E-state index in [9.17, 15) is 17.6 Å². The standard InChI is InChI=1S/C11H11ClFNO4S2/c12-7-2-1-3-9(10(7)13)20(17,18)14-4-5-19-6-8(14)11(15)16/h1-3,8H,4-6H2,(H,15,16). The lowest BCUT2D eigenvalue weighted by atomic mass is 10.3. The van der Waals surface area contributed by atoms with Gasteiger partial charge in [0.05, 0.1) is 5.02 Å². The Labute approximate surface area is 124 Å². The van der Waals surface area contributed by atoms with E-state index in [4.69, 9.17) is 16.7 Å². The Hall–Kier alpha value is -0.830. The van der Waals surface area contributed by atoms with Crippen molar-refractivity contribution in [2.75, 3.05) is 18.1 Å². The van der Waals surface area contributed by atoms with Gasteiger partial charge in [-0.1, -0.05) is 17.7 Å². The monoisotopic (exact) mass is 339 g/mol. The van der Waals surface area contributed by atoms with Crippen LogP contribution < -0.4 is 0 Å². The van der Waals surface area contributed by atoms with Gasteiger partial charge in [0.1, 0.15) is 10.9 Å². The van der Waals surface area contributed by atoms with Gasteiger partial charge in [0.15, 0.2) is 5.82 Å². The van der Waals surface area contributed by atoms with Gasteiger partial charge in [-0.05, 0) is 12.1 Å². The number of hydrogen-bond donors (Lipinski definition) is 1. The lowest BCUT2D eigenvalue weighted by Crippen LogP contribution is -2.50. The van der Waals surface area contributed by atoms with Crippen molar-refractivity contribution >= 4 is 39.4 Å². The van der Waals surface area contributed by atoms with Crippen molar-refractivity contribution in [2.45, 2.75) is 10.9 Å². The number of thioether (sulfide) groups is 1. The van der Waals surface area contributed by atoms with Gasteiger partial charge in [-0.15, -0.1) is 0 Å². The van der Waals surface area contributed by atoms with Crippen LogP contribution in [0.15, 0.2) is 23.1 Å². The van der Waals surface area contributed by atoms with E-state index in [0.29, 0.717) is 5.75 Å². The van der Waals surface area contributed by atoms with E-state index < -0.39 is 32.7 Å². The lowest BCUT2D eigenvalue weighted by Gasteiger charge is -2.31. The number of aliphatic carboxylic acids is 1. The van der Waals surface area contributed by atoms with E-state index in [2.05, 4.69) is 0 Å². The van der Waals surface area contributed by atoms with E-state index >= 15 is 0 Å². The summed E-state index contributed by atoms with van der Waals surface area (Å²) in [5.41, 5.74) is 0. The van der Waals surface area contributed by atoms with Crippen molar-refractivity contribution < 1.29 is 22.7 Å². The van der Waals surface area contributed by atoms with Gasteiger partial charge >= 0.3 is 5.97 Å².